The molecule has 0 unspecified atom stereocenters. The first kappa shape index (κ1) is 23.5. The number of fused-ring (bicyclic) bond motifs is 1. The van der Waals surface area contributed by atoms with Crippen LogP contribution in [0.25, 0.3) is 10.8 Å². The van der Waals surface area contributed by atoms with Gasteiger partial charge in [0.2, 0.25) is 10.0 Å². The van der Waals surface area contributed by atoms with Gasteiger partial charge < -0.3 is 19.9 Å². The van der Waals surface area contributed by atoms with Gasteiger partial charge in [-0.15, -0.1) is 10.1 Å². The van der Waals surface area contributed by atoms with E-state index in [0.29, 0.717) is 35.6 Å². The molecule has 174 valence electrons. The molecule has 0 radical (unpaired) electrons. The van der Waals surface area contributed by atoms with E-state index >= 15 is 0 Å². The van der Waals surface area contributed by atoms with Crippen molar-refractivity contribution in [3.05, 3.63) is 50.4 Å². The molecule has 1 aromatic carbocycles. The number of benzene rings is 1. The van der Waals surface area contributed by atoms with Gasteiger partial charge in [0.25, 0.3) is 10.6 Å². The maximum atomic E-state index is 13.3. The molecule has 1 saturated heterocycles. The summed E-state index contributed by atoms with van der Waals surface area (Å²) in [5, 5.41) is 12.5. The lowest BCUT2D eigenvalue weighted by atomic mass is 10.1. The molecule has 2 heterocycles. The first-order valence-corrected chi connectivity index (χ1v) is 11.5. The number of ether oxygens (including phenoxy) is 1. The number of carbonyl (C=O) groups excluding carboxylic acids is 1. The fourth-order valence-electron chi connectivity index (χ4n) is 3.59. The highest BCUT2D eigenvalue weighted by molar-refractivity contribution is 7.89. The van der Waals surface area contributed by atoms with Crippen LogP contribution in [0, 0.1) is 17.0 Å². The summed E-state index contributed by atoms with van der Waals surface area (Å²) in [5.74, 6) is 0. The quantitative estimate of drug-likeness (QED) is 0.316. The second-order valence-electron chi connectivity index (χ2n) is 7.37. The number of carbonyl (C=O) groups is 1. The predicted octanol–water partition coefficient (Wildman–Crippen LogP) is 1.31. The van der Waals surface area contributed by atoms with Crippen molar-refractivity contribution in [3.63, 3.8) is 0 Å². The van der Waals surface area contributed by atoms with E-state index in [1.165, 1.54) is 22.6 Å². The van der Waals surface area contributed by atoms with E-state index in [-0.39, 0.29) is 36.8 Å². The van der Waals surface area contributed by atoms with Crippen LogP contribution < -0.4 is 10.9 Å². The third kappa shape index (κ3) is 5.34. The van der Waals surface area contributed by atoms with Crippen molar-refractivity contribution >= 4 is 26.9 Å². The van der Waals surface area contributed by atoms with E-state index in [0.717, 1.165) is 0 Å². The Morgan fingerprint density at radius 3 is 2.84 bits per heavy atom. The minimum Gasteiger partial charge on any atom is -0.450 e. The fraction of sp³-hybridized carbons (Fsp3) is 0.474. The molecule has 1 amide bonds. The van der Waals surface area contributed by atoms with Crippen LogP contribution in [0.4, 0.5) is 4.79 Å². The van der Waals surface area contributed by atoms with Gasteiger partial charge in [-0.05, 0) is 43.9 Å². The maximum Gasteiger partial charge on any atom is 0.407 e. The summed E-state index contributed by atoms with van der Waals surface area (Å²) in [6, 6.07) is 4.16. The number of H-pyrrole nitrogens is 1. The number of aryl methyl sites for hydroxylation is 1. The highest BCUT2D eigenvalue weighted by Crippen LogP contribution is 2.28. The van der Waals surface area contributed by atoms with Crippen LogP contribution in [0.2, 0.25) is 0 Å². The van der Waals surface area contributed by atoms with Crippen LogP contribution in [-0.2, 0) is 19.6 Å². The van der Waals surface area contributed by atoms with Crippen molar-refractivity contribution in [2.75, 3.05) is 26.3 Å². The minimum atomic E-state index is -3.89. The van der Waals surface area contributed by atoms with Crippen molar-refractivity contribution in [3.8, 4) is 0 Å². The average Bonchev–Trinajstić information content (AvgIpc) is 3.22. The summed E-state index contributed by atoms with van der Waals surface area (Å²) in [4.78, 5) is 40.9. The number of sulfonamides is 1. The second-order valence-corrected chi connectivity index (χ2v) is 9.28. The smallest absolute Gasteiger partial charge is 0.407 e. The van der Waals surface area contributed by atoms with Crippen LogP contribution >= 0.6 is 0 Å². The van der Waals surface area contributed by atoms with Crippen LogP contribution in [0.15, 0.2) is 34.1 Å². The van der Waals surface area contributed by atoms with E-state index in [9.17, 15) is 28.1 Å². The first-order valence-electron chi connectivity index (χ1n) is 10.0. The maximum absolute atomic E-state index is 13.3. The Labute approximate surface area is 183 Å². The van der Waals surface area contributed by atoms with Gasteiger partial charge in [-0.1, -0.05) is 6.07 Å². The molecule has 0 saturated carbocycles. The molecule has 32 heavy (non-hydrogen) atoms. The van der Waals surface area contributed by atoms with Gasteiger partial charge in [-0.2, -0.15) is 4.31 Å². The highest BCUT2D eigenvalue weighted by Gasteiger charge is 2.34. The number of amides is 1. The molecule has 1 aliphatic rings. The standard InChI is InChI=1S/C19H24N4O8S/c1-13-11-20-18(24)15-5-4-6-16(17(13)15)32(28,29)22-8-7-14(12-22)21-19(25)30-9-2-3-10-31-23(26)27/h4-6,11,14H,2-3,7-10,12H2,1H3,(H,20,24)(H,21,25)/t14-/m0/s1. The molecule has 13 heteroatoms. The van der Waals surface area contributed by atoms with Crippen molar-refractivity contribution in [1.82, 2.24) is 14.6 Å². The summed E-state index contributed by atoms with van der Waals surface area (Å²) in [7, 11) is -3.89. The Kier molecular flexibility index (Phi) is 7.30. The number of hydrogen-bond donors (Lipinski definition) is 2. The van der Waals surface area contributed by atoms with E-state index in [2.05, 4.69) is 15.1 Å². The summed E-state index contributed by atoms with van der Waals surface area (Å²) in [6.07, 6.45) is 1.97. The van der Waals surface area contributed by atoms with E-state index in [4.69, 9.17) is 4.74 Å². The lowest BCUT2D eigenvalue weighted by Gasteiger charge is -2.19. The summed E-state index contributed by atoms with van der Waals surface area (Å²) in [6.45, 7) is 2.00. The molecule has 2 N–H and O–H groups in total. The first-order chi connectivity index (χ1) is 15.2. The zero-order valence-electron chi connectivity index (χ0n) is 17.4. The second kappa shape index (κ2) is 9.96. The number of aromatic amines is 1. The molecular weight excluding hydrogens is 444 g/mol. The fourth-order valence-corrected chi connectivity index (χ4v) is 5.37. The molecule has 0 spiro atoms. The van der Waals surface area contributed by atoms with Crippen molar-refractivity contribution in [2.45, 2.75) is 37.1 Å². The molecule has 12 nitrogen and oxygen atoms in total. The summed E-state index contributed by atoms with van der Waals surface area (Å²) < 4.78 is 32.8. The number of aromatic nitrogens is 1. The van der Waals surface area contributed by atoms with Gasteiger partial charge in [0, 0.05) is 36.1 Å². The van der Waals surface area contributed by atoms with Crippen LogP contribution in [0.5, 0.6) is 0 Å². The molecular formula is C19H24N4O8S. The summed E-state index contributed by atoms with van der Waals surface area (Å²) in [5.41, 5.74) is 0.274. The van der Waals surface area contributed by atoms with E-state index in [1.54, 1.807) is 13.0 Å². The average molecular weight is 468 g/mol. The number of nitrogens with one attached hydrogen (secondary N) is 2. The minimum absolute atomic E-state index is 0.0544. The molecule has 3 rings (SSSR count). The van der Waals surface area contributed by atoms with Crippen LogP contribution in [-0.4, -0.2) is 61.2 Å². The zero-order chi connectivity index (χ0) is 23.3. The van der Waals surface area contributed by atoms with Gasteiger partial charge in [0.1, 0.15) is 0 Å². The van der Waals surface area contributed by atoms with Gasteiger partial charge >= 0.3 is 6.09 Å². The molecule has 0 bridgehead atoms. The number of pyridine rings is 1. The predicted molar refractivity (Wildman–Crippen MR) is 113 cm³/mol. The number of alkyl carbamates (subject to hydrolysis) is 1. The lowest BCUT2D eigenvalue weighted by Crippen LogP contribution is -2.39. The van der Waals surface area contributed by atoms with Crippen molar-refractivity contribution in [1.29, 1.82) is 0 Å². The van der Waals surface area contributed by atoms with Crippen molar-refractivity contribution < 1.29 is 27.9 Å². The molecule has 0 aliphatic carbocycles. The number of hydrogen-bond acceptors (Lipinski definition) is 8. The molecule has 1 aliphatic heterocycles. The Morgan fingerprint density at radius 1 is 1.34 bits per heavy atom. The molecule has 1 fully saturated rings. The van der Waals surface area contributed by atoms with Gasteiger partial charge in [0.15, 0.2) is 0 Å². The topological polar surface area (TPSA) is 161 Å². The zero-order valence-corrected chi connectivity index (χ0v) is 18.2. The Hall–Kier alpha value is -3.19. The van der Waals surface area contributed by atoms with Gasteiger partial charge in [-0.25, -0.2) is 13.2 Å². The van der Waals surface area contributed by atoms with Gasteiger partial charge in [0.05, 0.1) is 18.1 Å². The molecule has 2 aromatic rings. The van der Waals surface area contributed by atoms with Crippen molar-refractivity contribution in [2.24, 2.45) is 0 Å². The van der Waals surface area contributed by atoms with E-state index < -0.39 is 27.2 Å². The monoisotopic (exact) mass is 468 g/mol. The molecule has 1 atom stereocenters. The highest BCUT2D eigenvalue weighted by atomic mass is 32.2. The number of nitrogens with zero attached hydrogens (tertiary/aromatic N) is 2. The molecule has 1 aromatic heterocycles. The Bertz CT molecular complexity index is 1160. The third-order valence-electron chi connectivity index (χ3n) is 5.14. The van der Waals surface area contributed by atoms with Crippen LogP contribution in [0.3, 0.4) is 0 Å². The Morgan fingerprint density at radius 2 is 2.09 bits per heavy atom. The van der Waals surface area contributed by atoms with Gasteiger partial charge in [-0.3, -0.25) is 4.79 Å². The SMILES string of the molecule is Cc1c[nH]c(=O)c2cccc(S(=O)(=O)N3CC[C@H](NC(=O)OCCCCO[N+](=O)[O-])C3)c12. The number of unbranched alkanes of at least 4 members (excludes halogenated alkanes) is 1. The lowest BCUT2D eigenvalue weighted by molar-refractivity contribution is -0.757. The normalized spacial score (nSPS) is 16.7. The largest absolute Gasteiger partial charge is 0.450 e. The summed E-state index contributed by atoms with van der Waals surface area (Å²) >= 11 is 0. The van der Waals surface area contributed by atoms with Crippen LogP contribution in [0.1, 0.15) is 24.8 Å². The van der Waals surface area contributed by atoms with E-state index in [1.807, 2.05) is 0 Å². The number of rotatable bonds is 9. The Balaban J connectivity index is 1.59. The third-order valence-corrected chi connectivity index (χ3v) is 7.05.